The fraction of sp³-hybridized carbons (Fsp3) is 0.316. The minimum absolute atomic E-state index is 0.000327. The number of benzene rings is 1. The molecule has 1 amide bonds. The predicted molar refractivity (Wildman–Crippen MR) is 102 cm³/mol. The molecule has 1 N–H and O–H groups in total. The first kappa shape index (κ1) is 17.6. The van der Waals surface area contributed by atoms with E-state index in [1.807, 2.05) is 30.7 Å². The van der Waals surface area contributed by atoms with Gasteiger partial charge < -0.3 is 5.32 Å². The number of nitrogens with one attached hydrogen (secondary N) is 1. The van der Waals surface area contributed by atoms with Crippen molar-refractivity contribution in [2.24, 2.45) is 0 Å². The molecule has 138 valence electrons. The van der Waals surface area contributed by atoms with Crippen molar-refractivity contribution in [3.8, 4) is 11.4 Å². The Hall–Kier alpha value is -2.80. The van der Waals surface area contributed by atoms with Gasteiger partial charge >= 0.3 is 0 Å². The van der Waals surface area contributed by atoms with Crippen LogP contribution in [-0.2, 0) is 13.0 Å². The number of aromatic nitrogens is 5. The number of carbonyl (C=O) groups is 1. The summed E-state index contributed by atoms with van der Waals surface area (Å²) in [5.41, 5.74) is 1.91. The highest BCUT2D eigenvalue weighted by molar-refractivity contribution is 6.30. The van der Waals surface area contributed by atoms with Crippen molar-refractivity contribution in [2.45, 2.75) is 39.3 Å². The minimum Gasteiger partial charge on any atom is -0.346 e. The number of amides is 1. The molecule has 4 rings (SSSR count). The van der Waals surface area contributed by atoms with E-state index in [1.54, 1.807) is 18.2 Å². The molecule has 1 aromatic carbocycles. The van der Waals surface area contributed by atoms with E-state index in [2.05, 4.69) is 25.4 Å². The Morgan fingerprint density at radius 3 is 2.74 bits per heavy atom. The summed E-state index contributed by atoms with van der Waals surface area (Å²) < 4.78 is 1.87. The molecule has 2 aromatic heterocycles. The molecule has 3 heterocycles. The van der Waals surface area contributed by atoms with Crippen molar-refractivity contribution in [1.29, 1.82) is 0 Å². The molecular formula is C19H19ClN6O. The lowest BCUT2D eigenvalue weighted by Crippen LogP contribution is -2.41. The second-order valence-corrected chi connectivity index (χ2v) is 7.13. The summed E-state index contributed by atoms with van der Waals surface area (Å²) in [4.78, 5) is 26.0. The van der Waals surface area contributed by atoms with E-state index in [0.29, 0.717) is 23.1 Å². The molecule has 0 radical (unpaired) electrons. The molecule has 0 aliphatic carbocycles. The first-order chi connectivity index (χ1) is 13.0. The van der Waals surface area contributed by atoms with Gasteiger partial charge in [-0.1, -0.05) is 11.6 Å². The van der Waals surface area contributed by atoms with E-state index >= 15 is 0 Å². The molecule has 3 aromatic rings. The lowest BCUT2D eigenvalue weighted by molar-refractivity contribution is 0.0921. The third kappa shape index (κ3) is 3.83. The quantitative estimate of drug-likeness (QED) is 0.752. The number of hydrogen-bond donors (Lipinski definition) is 1. The highest BCUT2D eigenvalue weighted by atomic mass is 35.5. The number of aryl methyl sites for hydroxylation is 3. The molecule has 27 heavy (non-hydrogen) atoms. The average Bonchev–Trinajstić information content (AvgIpc) is 3.01. The topological polar surface area (TPSA) is 85.6 Å². The fourth-order valence-corrected chi connectivity index (χ4v) is 3.35. The Morgan fingerprint density at radius 1 is 1.19 bits per heavy atom. The molecule has 7 nitrogen and oxygen atoms in total. The van der Waals surface area contributed by atoms with Crippen LogP contribution in [0.25, 0.3) is 11.4 Å². The average molecular weight is 383 g/mol. The summed E-state index contributed by atoms with van der Waals surface area (Å²) >= 11 is 5.94. The Kier molecular flexibility index (Phi) is 4.61. The zero-order valence-corrected chi connectivity index (χ0v) is 15.9. The monoisotopic (exact) mass is 382 g/mol. The van der Waals surface area contributed by atoms with E-state index in [1.165, 1.54) is 0 Å². The third-order valence-corrected chi connectivity index (χ3v) is 4.74. The molecule has 1 unspecified atom stereocenters. The highest BCUT2D eigenvalue weighted by Crippen LogP contribution is 2.19. The summed E-state index contributed by atoms with van der Waals surface area (Å²) in [6.45, 7) is 4.35. The van der Waals surface area contributed by atoms with Crippen molar-refractivity contribution in [3.05, 3.63) is 58.4 Å². The van der Waals surface area contributed by atoms with E-state index in [-0.39, 0.29) is 11.9 Å². The SMILES string of the molecule is Cc1cc(C(=O)NC2CCc3nc(C)nn3C2)nc(-c2ccc(Cl)cc2)n1. The number of halogens is 1. The van der Waals surface area contributed by atoms with Crippen LogP contribution in [-0.4, -0.2) is 36.7 Å². The molecular weight excluding hydrogens is 364 g/mol. The van der Waals surface area contributed by atoms with Gasteiger partial charge in [-0.2, -0.15) is 5.10 Å². The summed E-state index contributed by atoms with van der Waals surface area (Å²) in [6, 6.07) is 8.94. The highest BCUT2D eigenvalue weighted by Gasteiger charge is 2.23. The largest absolute Gasteiger partial charge is 0.346 e. The van der Waals surface area contributed by atoms with Crippen molar-refractivity contribution in [1.82, 2.24) is 30.0 Å². The van der Waals surface area contributed by atoms with Crippen LogP contribution in [0.15, 0.2) is 30.3 Å². The summed E-state index contributed by atoms with van der Waals surface area (Å²) in [5.74, 6) is 2.03. The smallest absolute Gasteiger partial charge is 0.270 e. The summed E-state index contributed by atoms with van der Waals surface area (Å²) in [7, 11) is 0. The van der Waals surface area contributed by atoms with Gasteiger partial charge in [0.25, 0.3) is 5.91 Å². The van der Waals surface area contributed by atoms with Crippen LogP contribution < -0.4 is 5.32 Å². The van der Waals surface area contributed by atoms with E-state index in [4.69, 9.17) is 11.6 Å². The van der Waals surface area contributed by atoms with E-state index < -0.39 is 0 Å². The normalized spacial score (nSPS) is 16.0. The van der Waals surface area contributed by atoms with Gasteiger partial charge in [0.15, 0.2) is 5.82 Å². The summed E-state index contributed by atoms with van der Waals surface area (Å²) in [6.07, 6.45) is 1.63. The first-order valence-electron chi connectivity index (χ1n) is 8.81. The maximum absolute atomic E-state index is 12.8. The van der Waals surface area contributed by atoms with Crippen molar-refractivity contribution >= 4 is 17.5 Å². The van der Waals surface area contributed by atoms with Crippen LogP contribution in [0.1, 0.15) is 34.3 Å². The maximum atomic E-state index is 12.8. The van der Waals surface area contributed by atoms with Crippen LogP contribution in [0.2, 0.25) is 5.02 Å². The zero-order chi connectivity index (χ0) is 19.0. The third-order valence-electron chi connectivity index (χ3n) is 4.49. The molecule has 0 bridgehead atoms. The molecule has 8 heteroatoms. The molecule has 1 aliphatic rings. The van der Waals surface area contributed by atoms with Crippen molar-refractivity contribution in [3.63, 3.8) is 0 Å². The van der Waals surface area contributed by atoms with Gasteiger partial charge in [0.2, 0.25) is 0 Å². The van der Waals surface area contributed by atoms with Crippen LogP contribution in [0.5, 0.6) is 0 Å². The minimum atomic E-state index is -0.207. The van der Waals surface area contributed by atoms with E-state index in [9.17, 15) is 4.79 Å². The van der Waals surface area contributed by atoms with Crippen LogP contribution in [0, 0.1) is 13.8 Å². The Balaban J connectivity index is 1.53. The molecule has 0 fully saturated rings. The predicted octanol–water partition coefficient (Wildman–Crippen LogP) is 2.75. The van der Waals surface area contributed by atoms with Gasteiger partial charge in [0.05, 0.1) is 6.54 Å². The fourth-order valence-electron chi connectivity index (χ4n) is 3.22. The first-order valence-corrected chi connectivity index (χ1v) is 9.18. The van der Waals surface area contributed by atoms with Gasteiger partial charge in [0.1, 0.15) is 17.3 Å². The molecule has 0 saturated carbocycles. The second kappa shape index (κ2) is 7.08. The van der Waals surface area contributed by atoms with Gasteiger partial charge in [-0.05, 0) is 50.6 Å². The Labute approximate surface area is 161 Å². The van der Waals surface area contributed by atoms with Crippen molar-refractivity contribution in [2.75, 3.05) is 0 Å². The lowest BCUT2D eigenvalue weighted by atomic mass is 10.1. The van der Waals surface area contributed by atoms with E-state index in [0.717, 1.165) is 35.7 Å². The van der Waals surface area contributed by atoms with Gasteiger partial charge in [-0.3, -0.25) is 4.79 Å². The van der Waals surface area contributed by atoms with Crippen LogP contribution in [0.3, 0.4) is 0 Å². The van der Waals surface area contributed by atoms with Crippen LogP contribution in [0.4, 0.5) is 0 Å². The Morgan fingerprint density at radius 2 is 1.96 bits per heavy atom. The number of carbonyl (C=O) groups excluding carboxylic acids is 1. The lowest BCUT2D eigenvalue weighted by Gasteiger charge is -2.23. The number of fused-ring (bicyclic) bond motifs is 1. The Bertz CT molecular complexity index is 998. The second-order valence-electron chi connectivity index (χ2n) is 6.69. The molecule has 1 aliphatic heterocycles. The maximum Gasteiger partial charge on any atom is 0.270 e. The van der Waals surface area contributed by atoms with Gasteiger partial charge in [-0.15, -0.1) is 0 Å². The number of hydrogen-bond acceptors (Lipinski definition) is 5. The van der Waals surface area contributed by atoms with Crippen molar-refractivity contribution < 1.29 is 4.79 Å². The number of rotatable bonds is 3. The number of nitrogens with zero attached hydrogens (tertiary/aromatic N) is 5. The molecule has 0 spiro atoms. The van der Waals surface area contributed by atoms with Crippen LogP contribution >= 0.6 is 11.6 Å². The van der Waals surface area contributed by atoms with Gasteiger partial charge in [0, 0.05) is 28.7 Å². The van der Waals surface area contributed by atoms with Gasteiger partial charge in [-0.25, -0.2) is 19.6 Å². The zero-order valence-electron chi connectivity index (χ0n) is 15.1. The molecule has 0 saturated heterocycles. The summed E-state index contributed by atoms with van der Waals surface area (Å²) in [5, 5.41) is 8.08. The molecule has 1 atom stereocenters. The standard InChI is InChI=1S/C19H19ClN6O/c1-11-9-16(24-18(21-11)13-3-5-14(20)6-4-13)19(27)23-15-7-8-17-22-12(2)25-26(17)10-15/h3-6,9,15H,7-8,10H2,1-2H3,(H,23,27).